The summed E-state index contributed by atoms with van der Waals surface area (Å²) in [5, 5.41) is 32.3. The highest BCUT2D eigenvalue weighted by atomic mass is 79.9. The zero-order chi connectivity index (χ0) is 20.9. The van der Waals surface area contributed by atoms with Crippen molar-refractivity contribution in [2.24, 2.45) is 0 Å². The SMILES string of the molecule is CCC1(O)C(c2c(O)cc(O)c3c(=O)cc(-c4cccc(Br)c4)oc23)CCN1C. The highest BCUT2D eigenvalue weighted by molar-refractivity contribution is 9.10. The fourth-order valence-corrected chi connectivity index (χ4v) is 4.75. The Morgan fingerprint density at radius 2 is 2.00 bits per heavy atom. The predicted octanol–water partition coefficient (Wildman–Crippen LogP) is 4.15. The van der Waals surface area contributed by atoms with Crippen molar-refractivity contribution >= 4 is 26.9 Å². The third-order valence-electron chi connectivity index (χ3n) is 5.95. The van der Waals surface area contributed by atoms with E-state index in [0.29, 0.717) is 36.3 Å². The summed E-state index contributed by atoms with van der Waals surface area (Å²) in [5.41, 5.74) is -0.462. The monoisotopic (exact) mass is 459 g/mol. The second-order valence-electron chi connectivity index (χ2n) is 7.51. The van der Waals surface area contributed by atoms with Gasteiger partial charge in [0.2, 0.25) is 0 Å². The zero-order valence-electron chi connectivity index (χ0n) is 16.1. The van der Waals surface area contributed by atoms with Crippen LogP contribution in [0.2, 0.25) is 0 Å². The van der Waals surface area contributed by atoms with Gasteiger partial charge in [-0.2, -0.15) is 0 Å². The molecule has 152 valence electrons. The molecule has 1 aliphatic rings. The number of phenolic OH excluding ortho intramolecular Hbond substituents is 2. The van der Waals surface area contributed by atoms with E-state index >= 15 is 0 Å². The molecule has 2 aromatic carbocycles. The molecule has 1 saturated heterocycles. The topological polar surface area (TPSA) is 94.1 Å². The van der Waals surface area contributed by atoms with Gasteiger partial charge in [-0.3, -0.25) is 9.69 Å². The van der Waals surface area contributed by atoms with Crippen LogP contribution in [-0.2, 0) is 0 Å². The van der Waals surface area contributed by atoms with Gasteiger partial charge in [0.05, 0.1) is 0 Å². The van der Waals surface area contributed by atoms with Crippen LogP contribution in [0.3, 0.4) is 0 Å². The summed E-state index contributed by atoms with van der Waals surface area (Å²) >= 11 is 3.41. The number of likely N-dealkylation sites (N-methyl/N-ethyl adjacent to an activating group) is 1. The summed E-state index contributed by atoms with van der Waals surface area (Å²) in [6, 6.07) is 9.80. The normalized spacial score (nSPS) is 22.4. The Morgan fingerprint density at radius 1 is 1.24 bits per heavy atom. The number of nitrogens with zero attached hydrogens (tertiary/aromatic N) is 1. The molecule has 6 nitrogen and oxygen atoms in total. The molecule has 0 bridgehead atoms. The van der Waals surface area contributed by atoms with E-state index in [1.165, 1.54) is 6.07 Å². The van der Waals surface area contributed by atoms with Gasteiger partial charge in [-0.1, -0.05) is 35.0 Å². The lowest BCUT2D eigenvalue weighted by Gasteiger charge is -2.35. The second kappa shape index (κ2) is 7.16. The first kappa shape index (κ1) is 19.9. The molecular weight excluding hydrogens is 438 g/mol. The number of rotatable bonds is 3. The number of likely N-dealkylation sites (tertiary alicyclic amines) is 1. The van der Waals surface area contributed by atoms with E-state index in [9.17, 15) is 20.1 Å². The minimum absolute atomic E-state index is 0.00422. The average molecular weight is 460 g/mol. The molecule has 0 radical (unpaired) electrons. The molecule has 29 heavy (non-hydrogen) atoms. The summed E-state index contributed by atoms with van der Waals surface area (Å²) in [5.74, 6) is -0.693. The van der Waals surface area contributed by atoms with Crippen molar-refractivity contribution < 1.29 is 19.7 Å². The molecule has 3 N–H and O–H groups in total. The first-order chi connectivity index (χ1) is 13.8. The van der Waals surface area contributed by atoms with E-state index in [-0.39, 0.29) is 22.5 Å². The third kappa shape index (κ3) is 3.13. The van der Waals surface area contributed by atoms with Crippen LogP contribution in [-0.4, -0.2) is 39.5 Å². The van der Waals surface area contributed by atoms with E-state index in [1.54, 1.807) is 0 Å². The van der Waals surface area contributed by atoms with E-state index in [4.69, 9.17) is 4.42 Å². The van der Waals surface area contributed by atoms with E-state index in [0.717, 1.165) is 10.5 Å². The average Bonchev–Trinajstić information content (AvgIpc) is 2.96. The Balaban J connectivity index is 2.04. The van der Waals surface area contributed by atoms with Crippen molar-refractivity contribution in [2.45, 2.75) is 31.4 Å². The Kier molecular flexibility index (Phi) is 4.93. The van der Waals surface area contributed by atoms with E-state index in [2.05, 4.69) is 15.9 Å². The fraction of sp³-hybridized carbons (Fsp3) is 0.318. The van der Waals surface area contributed by atoms with Crippen LogP contribution >= 0.6 is 15.9 Å². The molecule has 0 spiro atoms. The maximum atomic E-state index is 12.9. The second-order valence-corrected chi connectivity index (χ2v) is 8.43. The van der Waals surface area contributed by atoms with Gasteiger partial charge in [-0.05, 0) is 32.0 Å². The molecule has 1 aromatic heterocycles. The lowest BCUT2D eigenvalue weighted by molar-refractivity contribution is -0.0824. The van der Waals surface area contributed by atoms with Crippen molar-refractivity contribution in [3.8, 4) is 22.8 Å². The van der Waals surface area contributed by atoms with Gasteiger partial charge in [0, 0.05) is 40.2 Å². The van der Waals surface area contributed by atoms with Gasteiger partial charge in [0.15, 0.2) is 5.43 Å². The van der Waals surface area contributed by atoms with Gasteiger partial charge >= 0.3 is 0 Å². The molecule has 7 heteroatoms. The summed E-state index contributed by atoms with van der Waals surface area (Å²) in [4.78, 5) is 14.7. The molecule has 4 rings (SSSR count). The predicted molar refractivity (Wildman–Crippen MR) is 114 cm³/mol. The van der Waals surface area contributed by atoms with Crippen LogP contribution in [0.25, 0.3) is 22.3 Å². The number of halogens is 1. The zero-order valence-corrected chi connectivity index (χ0v) is 17.7. The van der Waals surface area contributed by atoms with Gasteiger partial charge in [-0.25, -0.2) is 0 Å². The van der Waals surface area contributed by atoms with Crippen LogP contribution in [0.4, 0.5) is 0 Å². The van der Waals surface area contributed by atoms with Crippen molar-refractivity contribution in [3.05, 3.63) is 56.7 Å². The maximum Gasteiger partial charge on any atom is 0.197 e. The largest absolute Gasteiger partial charge is 0.507 e. The van der Waals surface area contributed by atoms with Crippen LogP contribution in [0, 0.1) is 0 Å². The number of hydrogen-bond acceptors (Lipinski definition) is 6. The van der Waals surface area contributed by atoms with Crippen LogP contribution in [0.5, 0.6) is 11.5 Å². The summed E-state index contributed by atoms with van der Waals surface area (Å²) in [6.07, 6.45) is 1.02. The van der Waals surface area contributed by atoms with Crippen LogP contribution in [0.1, 0.15) is 31.2 Å². The first-order valence-corrected chi connectivity index (χ1v) is 10.3. The lowest BCUT2D eigenvalue weighted by atomic mass is 9.85. The van der Waals surface area contributed by atoms with Crippen LogP contribution < -0.4 is 5.43 Å². The molecular formula is C22H22BrNO5. The van der Waals surface area contributed by atoms with Crippen molar-refractivity contribution in [3.63, 3.8) is 0 Å². The molecule has 2 unspecified atom stereocenters. The molecule has 3 aromatic rings. The number of phenols is 2. The smallest absolute Gasteiger partial charge is 0.197 e. The number of aromatic hydroxyl groups is 2. The summed E-state index contributed by atoms with van der Waals surface area (Å²) < 4.78 is 6.92. The minimum atomic E-state index is -1.19. The van der Waals surface area contributed by atoms with Crippen molar-refractivity contribution in [2.75, 3.05) is 13.6 Å². The number of benzene rings is 2. The highest BCUT2D eigenvalue weighted by Gasteiger charge is 2.47. The summed E-state index contributed by atoms with van der Waals surface area (Å²) in [7, 11) is 1.83. The quantitative estimate of drug-likeness (QED) is 0.544. The minimum Gasteiger partial charge on any atom is -0.507 e. The van der Waals surface area contributed by atoms with E-state index < -0.39 is 17.1 Å². The number of aliphatic hydroxyl groups is 1. The van der Waals surface area contributed by atoms with Gasteiger partial charge in [0.25, 0.3) is 0 Å². The molecule has 0 amide bonds. The Morgan fingerprint density at radius 3 is 2.69 bits per heavy atom. The molecule has 0 saturated carbocycles. The molecule has 1 aliphatic heterocycles. The number of hydrogen-bond donors (Lipinski definition) is 3. The van der Waals surface area contributed by atoms with E-state index in [1.807, 2.05) is 43.1 Å². The standard InChI is InChI=1S/C22H22BrNO5/c1-3-22(28)14(7-8-24(22)2)19-15(25)10-16(26)20-17(27)11-18(29-21(19)20)12-5-4-6-13(23)9-12/h4-6,9-11,14,25-26,28H,3,7-8H2,1-2H3. The van der Waals surface area contributed by atoms with Gasteiger partial charge < -0.3 is 19.7 Å². The number of fused-ring (bicyclic) bond motifs is 1. The van der Waals surface area contributed by atoms with Crippen molar-refractivity contribution in [1.82, 2.24) is 4.90 Å². The molecule has 2 heterocycles. The van der Waals surface area contributed by atoms with Crippen LogP contribution in [0.15, 0.2) is 50.1 Å². The van der Waals surface area contributed by atoms with Crippen molar-refractivity contribution in [1.29, 1.82) is 0 Å². The van der Waals surface area contributed by atoms with Gasteiger partial charge in [0.1, 0.15) is 34.0 Å². The molecule has 0 aliphatic carbocycles. The molecule has 1 fully saturated rings. The Labute approximate surface area is 176 Å². The highest BCUT2D eigenvalue weighted by Crippen LogP contribution is 2.48. The fourth-order valence-electron chi connectivity index (χ4n) is 4.35. The van der Waals surface area contributed by atoms with Gasteiger partial charge in [-0.15, -0.1) is 0 Å². The Bertz CT molecular complexity index is 1160. The lowest BCUT2D eigenvalue weighted by Crippen LogP contribution is -2.44. The Hall–Kier alpha value is -2.35. The maximum absolute atomic E-state index is 12.9. The third-order valence-corrected chi connectivity index (χ3v) is 6.44. The summed E-state index contributed by atoms with van der Waals surface area (Å²) in [6.45, 7) is 2.50. The molecule has 2 atom stereocenters. The first-order valence-electron chi connectivity index (χ1n) is 9.48.